The van der Waals surface area contributed by atoms with Crippen molar-refractivity contribution < 1.29 is 9.13 Å². The maximum Gasteiger partial charge on any atom is 0.165 e. The van der Waals surface area contributed by atoms with Crippen LogP contribution in [0.3, 0.4) is 0 Å². The largest absolute Gasteiger partial charge is 0.494 e. The average molecular weight is 354 g/mol. The van der Waals surface area contributed by atoms with E-state index in [0.717, 1.165) is 43.2 Å². The molecule has 1 aromatic rings. The number of aliphatic imine (C=N–C) groups is 1. The first-order valence-corrected chi connectivity index (χ1v) is 8.89. The molecule has 136 valence electrons. The standard InChI is InChI=1S/C20H23FN4O/c1-22-15-7-9-24(12-15)16-4-6-20-23-18(8-10-25(20)13-16)14-3-5-19(26-2)17(21)11-14/h3-6,8,11,13,15,22H,7,9-10,12H2,1-2H3/t15-/m0/s1. The summed E-state index contributed by atoms with van der Waals surface area (Å²) in [5.74, 6) is 0.755. The van der Waals surface area contributed by atoms with E-state index in [-0.39, 0.29) is 11.6 Å². The summed E-state index contributed by atoms with van der Waals surface area (Å²) in [5, 5.41) is 3.35. The number of hydrogen-bond acceptors (Lipinski definition) is 5. The number of nitrogens with zero attached hydrogens (tertiary/aromatic N) is 3. The van der Waals surface area contributed by atoms with Crippen molar-refractivity contribution in [1.82, 2.24) is 15.1 Å². The van der Waals surface area contributed by atoms with Crippen molar-refractivity contribution in [2.45, 2.75) is 12.5 Å². The number of allylic oxidation sites excluding steroid dienone is 1. The van der Waals surface area contributed by atoms with E-state index in [9.17, 15) is 4.39 Å². The molecule has 0 saturated carbocycles. The lowest BCUT2D eigenvalue weighted by Crippen LogP contribution is -2.34. The van der Waals surface area contributed by atoms with Gasteiger partial charge in [-0.25, -0.2) is 9.38 Å². The Bertz CT molecular complexity index is 827. The SMILES string of the molecule is CN[C@H]1CCN(C2=CN3CC=C(c4ccc(OC)c(F)c4)N=C3C=C2)C1. The number of likely N-dealkylation sites (tertiary alicyclic amines) is 1. The Hall–Kier alpha value is -2.60. The third-order valence-electron chi connectivity index (χ3n) is 5.11. The molecule has 0 radical (unpaired) electrons. The zero-order valence-electron chi connectivity index (χ0n) is 15.1. The zero-order chi connectivity index (χ0) is 18.1. The van der Waals surface area contributed by atoms with Gasteiger partial charge in [0.05, 0.1) is 18.5 Å². The smallest absolute Gasteiger partial charge is 0.165 e. The van der Waals surface area contributed by atoms with Gasteiger partial charge in [0.2, 0.25) is 0 Å². The van der Waals surface area contributed by atoms with E-state index in [0.29, 0.717) is 6.04 Å². The Morgan fingerprint density at radius 1 is 1.31 bits per heavy atom. The van der Waals surface area contributed by atoms with Gasteiger partial charge in [0.15, 0.2) is 11.6 Å². The van der Waals surface area contributed by atoms with Crippen LogP contribution in [0.5, 0.6) is 5.75 Å². The summed E-state index contributed by atoms with van der Waals surface area (Å²) in [6, 6.07) is 5.50. The molecule has 1 fully saturated rings. The molecule has 0 spiro atoms. The van der Waals surface area contributed by atoms with E-state index >= 15 is 0 Å². The second kappa shape index (κ2) is 6.96. The minimum Gasteiger partial charge on any atom is -0.494 e. The molecule has 3 heterocycles. The Balaban J connectivity index is 1.51. The van der Waals surface area contributed by atoms with Gasteiger partial charge < -0.3 is 19.9 Å². The minimum atomic E-state index is -0.372. The molecule has 0 unspecified atom stereocenters. The van der Waals surface area contributed by atoms with E-state index in [4.69, 9.17) is 9.73 Å². The highest BCUT2D eigenvalue weighted by atomic mass is 19.1. The summed E-state index contributed by atoms with van der Waals surface area (Å²) in [6.45, 7) is 2.81. The third-order valence-corrected chi connectivity index (χ3v) is 5.11. The van der Waals surface area contributed by atoms with Crippen molar-refractivity contribution in [1.29, 1.82) is 0 Å². The van der Waals surface area contributed by atoms with Crippen molar-refractivity contribution in [2.24, 2.45) is 4.99 Å². The Kier molecular flexibility index (Phi) is 4.51. The van der Waals surface area contributed by atoms with Crippen LogP contribution < -0.4 is 10.1 Å². The predicted molar refractivity (Wildman–Crippen MR) is 101 cm³/mol. The normalized spacial score (nSPS) is 22.0. The number of hydrogen-bond donors (Lipinski definition) is 1. The molecule has 3 aliphatic rings. The van der Waals surface area contributed by atoms with Crippen molar-refractivity contribution in [3.63, 3.8) is 0 Å². The minimum absolute atomic E-state index is 0.245. The summed E-state index contributed by atoms with van der Waals surface area (Å²) in [7, 11) is 3.48. The number of fused-ring (bicyclic) bond motifs is 1. The lowest BCUT2D eigenvalue weighted by molar-refractivity contribution is 0.386. The highest BCUT2D eigenvalue weighted by Gasteiger charge is 2.25. The highest BCUT2D eigenvalue weighted by Crippen LogP contribution is 2.27. The fraction of sp³-hybridized carbons (Fsp3) is 0.350. The molecule has 1 aromatic carbocycles. The van der Waals surface area contributed by atoms with Crippen molar-refractivity contribution in [2.75, 3.05) is 33.8 Å². The molecule has 5 nitrogen and oxygen atoms in total. The first-order valence-electron chi connectivity index (χ1n) is 8.89. The van der Waals surface area contributed by atoms with Crippen LogP contribution in [0.15, 0.2) is 53.3 Å². The zero-order valence-corrected chi connectivity index (χ0v) is 15.1. The Morgan fingerprint density at radius 3 is 2.92 bits per heavy atom. The quantitative estimate of drug-likeness (QED) is 0.902. The van der Waals surface area contributed by atoms with Crippen LogP contribution in [0.4, 0.5) is 4.39 Å². The fourth-order valence-corrected chi connectivity index (χ4v) is 3.55. The van der Waals surface area contributed by atoms with E-state index < -0.39 is 0 Å². The molecule has 4 rings (SSSR count). The van der Waals surface area contributed by atoms with Gasteiger partial charge in [-0.3, -0.25) is 0 Å². The monoisotopic (exact) mass is 354 g/mol. The second-order valence-corrected chi connectivity index (χ2v) is 6.67. The predicted octanol–water partition coefficient (Wildman–Crippen LogP) is 2.59. The van der Waals surface area contributed by atoms with Crippen molar-refractivity contribution in [3.05, 3.63) is 59.7 Å². The molecule has 0 bridgehead atoms. The maximum atomic E-state index is 14.0. The molecule has 1 atom stereocenters. The molecule has 3 aliphatic heterocycles. The maximum absolute atomic E-state index is 14.0. The third kappa shape index (κ3) is 3.12. The van der Waals surface area contributed by atoms with Gasteiger partial charge >= 0.3 is 0 Å². The highest BCUT2D eigenvalue weighted by molar-refractivity contribution is 6.00. The number of halogens is 1. The van der Waals surface area contributed by atoms with Gasteiger partial charge in [-0.2, -0.15) is 0 Å². The number of likely N-dealkylation sites (N-methyl/N-ethyl adjacent to an activating group) is 1. The average Bonchev–Trinajstić information content (AvgIpc) is 3.16. The molecule has 0 aliphatic carbocycles. The van der Waals surface area contributed by atoms with Crippen LogP contribution in [0, 0.1) is 5.82 Å². The topological polar surface area (TPSA) is 40.1 Å². The summed E-state index contributed by atoms with van der Waals surface area (Å²) < 4.78 is 19.0. The number of amidine groups is 1. The lowest BCUT2D eigenvalue weighted by atomic mass is 10.1. The molecule has 26 heavy (non-hydrogen) atoms. The summed E-state index contributed by atoms with van der Waals surface area (Å²) in [5.41, 5.74) is 2.76. The number of benzene rings is 1. The van der Waals surface area contributed by atoms with Gasteiger partial charge in [0, 0.05) is 37.4 Å². The van der Waals surface area contributed by atoms with Gasteiger partial charge in [0.1, 0.15) is 5.84 Å². The first kappa shape index (κ1) is 16.8. The molecule has 1 N–H and O–H groups in total. The van der Waals surface area contributed by atoms with Crippen LogP contribution in [0.2, 0.25) is 0 Å². The van der Waals surface area contributed by atoms with E-state index in [1.807, 2.05) is 25.3 Å². The van der Waals surface area contributed by atoms with Gasteiger partial charge in [-0.05, 0) is 49.9 Å². The van der Waals surface area contributed by atoms with Gasteiger partial charge in [-0.15, -0.1) is 0 Å². The second-order valence-electron chi connectivity index (χ2n) is 6.67. The van der Waals surface area contributed by atoms with E-state index in [2.05, 4.69) is 27.4 Å². The van der Waals surface area contributed by atoms with Crippen LogP contribution in [-0.4, -0.2) is 55.5 Å². The summed E-state index contributed by atoms with van der Waals surface area (Å²) in [6.07, 6.45) is 9.49. The number of methoxy groups -OCH3 is 1. The van der Waals surface area contributed by atoms with Crippen molar-refractivity contribution >= 4 is 11.5 Å². The lowest BCUT2D eigenvalue weighted by Gasteiger charge is -2.30. The molecule has 0 amide bonds. The van der Waals surface area contributed by atoms with Crippen LogP contribution in [-0.2, 0) is 0 Å². The fourth-order valence-electron chi connectivity index (χ4n) is 3.55. The summed E-state index contributed by atoms with van der Waals surface area (Å²) >= 11 is 0. The molecular formula is C20H23FN4O. The molecule has 1 saturated heterocycles. The first-order chi connectivity index (χ1) is 12.7. The number of rotatable bonds is 4. The van der Waals surface area contributed by atoms with Crippen LogP contribution in [0.1, 0.15) is 12.0 Å². The summed E-state index contributed by atoms with van der Waals surface area (Å²) in [4.78, 5) is 9.22. The Morgan fingerprint density at radius 2 is 2.19 bits per heavy atom. The number of ether oxygens (including phenoxy) is 1. The Labute approximate surface area is 153 Å². The van der Waals surface area contributed by atoms with Gasteiger partial charge in [-0.1, -0.05) is 0 Å². The molecular weight excluding hydrogens is 331 g/mol. The van der Waals surface area contributed by atoms with E-state index in [1.54, 1.807) is 6.07 Å². The molecule has 6 heteroatoms. The van der Waals surface area contributed by atoms with Crippen LogP contribution >= 0.6 is 0 Å². The van der Waals surface area contributed by atoms with Crippen LogP contribution in [0.25, 0.3) is 5.70 Å². The van der Waals surface area contributed by atoms with Crippen molar-refractivity contribution in [3.8, 4) is 5.75 Å². The molecule has 0 aromatic heterocycles. The van der Waals surface area contributed by atoms with Gasteiger partial charge in [0.25, 0.3) is 0 Å². The number of nitrogens with one attached hydrogen (secondary N) is 1. The van der Waals surface area contributed by atoms with E-state index in [1.165, 1.54) is 18.9 Å².